The fourth-order valence-corrected chi connectivity index (χ4v) is 3.87. The number of carbonyl (C=O) groups is 2. The summed E-state index contributed by atoms with van der Waals surface area (Å²) in [6.45, 7) is 10.4. The van der Waals surface area contributed by atoms with E-state index in [9.17, 15) is 9.59 Å². The third-order valence-electron chi connectivity index (χ3n) is 5.48. The average molecular weight is 376 g/mol. The molecule has 0 spiro atoms. The van der Waals surface area contributed by atoms with Crippen molar-refractivity contribution in [2.24, 2.45) is 5.92 Å². The third-order valence-corrected chi connectivity index (χ3v) is 5.48. The predicted octanol–water partition coefficient (Wildman–Crippen LogP) is 3.27. The molecule has 1 aromatic carbocycles. The summed E-state index contributed by atoms with van der Waals surface area (Å²) in [7, 11) is 0. The number of benzene rings is 1. The van der Waals surface area contributed by atoms with Gasteiger partial charge in [0.15, 0.2) is 0 Å². The summed E-state index contributed by atoms with van der Waals surface area (Å²) in [5.41, 5.74) is 2.34. The van der Waals surface area contributed by atoms with Crippen molar-refractivity contribution < 1.29 is 14.7 Å². The Balaban J connectivity index is 1.96. The number of carboxylic acid groups (broad SMARTS) is 1. The summed E-state index contributed by atoms with van der Waals surface area (Å²) in [6, 6.07) is 8.36. The number of urea groups is 1. The summed E-state index contributed by atoms with van der Waals surface area (Å²) in [5, 5.41) is 12.3. The van der Waals surface area contributed by atoms with Gasteiger partial charge in [0.25, 0.3) is 0 Å². The summed E-state index contributed by atoms with van der Waals surface area (Å²) in [6.07, 6.45) is 1.62. The normalized spacial score (nSPS) is 16.6. The molecule has 1 saturated heterocycles. The number of nitrogens with one attached hydrogen (secondary N) is 1. The van der Waals surface area contributed by atoms with E-state index in [4.69, 9.17) is 5.11 Å². The predicted molar refractivity (Wildman–Crippen MR) is 107 cm³/mol. The number of hydrogen-bond donors (Lipinski definition) is 2. The number of amides is 2. The standard InChI is InChI=1S/C21H33N3O3/c1-5-23(14-19(25)26)17-10-12-24(13-11-17)21(27)22-20(15(2)3)18-9-7-6-8-16(18)4/h6-9,15,17,20H,5,10-14H2,1-4H3,(H,22,27)(H,25,26). The lowest BCUT2D eigenvalue weighted by molar-refractivity contribution is -0.139. The summed E-state index contributed by atoms with van der Waals surface area (Å²) in [5.74, 6) is -0.506. The van der Waals surface area contributed by atoms with E-state index in [0.717, 1.165) is 18.4 Å². The van der Waals surface area contributed by atoms with Crippen molar-refractivity contribution in [3.05, 3.63) is 35.4 Å². The van der Waals surface area contributed by atoms with Crippen LogP contribution in [-0.4, -0.2) is 59.1 Å². The largest absolute Gasteiger partial charge is 0.480 e. The van der Waals surface area contributed by atoms with Crippen LogP contribution in [0.3, 0.4) is 0 Å². The van der Waals surface area contributed by atoms with Gasteiger partial charge in [-0.25, -0.2) is 4.79 Å². The number of likely N-dealkylation sites (N-methyl/N-ethyl adjacent to an activating group) is 1. The first kappa shape index (κ1) is 21.2. The highest BCUT2D eigenvalue weighted by atomic mass is 16.4. The SMILES string of the molecule is CCN(CC(=O)O)C1CCN(C(=O)NC(c2ccccc2C)C(C)C)CC1. The van der Waals surface area contributed by atoms with Crippen molar-refractivity contribution in [3.8, 4) is 0 Å². The number of nitrogens with zero attached hydrogens (tertiary/aromatic N) is 2. The molecule has 1 aliphatic rings. The van der Waals surface area contributed by atoms with Crippen molar-refractivity contribution in [1.82, 2.24) is 15.1 Å². The topological polar surface area (TPSA) is 72.9 Å². The van der Waals surface area contributed by atoms with Crippen molar-refractivity contribution in [2.75, 3.05) is 26.2 Å². The van der Waals surface area contributed by atoms with Crippen LogP contribution in [0.5, 0.6) is 0 Å². The maximum Gasteiger partial charge on any atom is 0.317 e. The molecule has 6 nitrogen and oxygen atoms in total. The van der Waals surface area contributed by atoms with E-state index >= 15 is 0 Å². The highest BCUT2D eigenvalue weighted by molar-refractivity contribution is 5.75. The molecule has 1 aromatic rings. The second-order valence-corrected chi connectivity index (χ2v) is 7.70. The van der Waals surface area contributed by atoms with Crippen molar-refractivity contribution in [3.63, 3.8) is 0 Å². The van der Waals surface area contributed by atoms with Gasteiger partial charge in [0.1, 0.15) is 0 Å². The van der Waals surface area contributed by atoms with Gasteiger partial charge < -0.3 is 15.3 Å². The van der Waals surface area contributed by atoms with Crippen LogP contribution in [0.25, 0.3) is 0 Å². The van der Waals surface area contributed by atoms with Crippen LogP contribution in [-0.2, 0) is 4.79 Å². The molecule has 1 heterocycles. The molecular weight excluding hydrogens is 342 g/mol. The minimum absolute atomic E-state index is 0.0180. The number of rotatable bonds is 7. The molecule has 1 aliphatic heterocycles. The number of carboxylic acids is 1. The van der Waals surface area contributed by atoms with Crippen LogP contribution in [0.15, 0.2) is 24.3 Å². The molecule has 2 N–H and O–H groups in total. The van der Waals surface area contributed by atoms with Crippen LogP contribution < -0.4 is 5.32 Å². The molecule has 1 fully saturated rings. The molecule has 0 aromatic heterocycles. The third kappa shape index (κ3) is 5.70. The number of carbonyl (C=O) groups excluding carboxylic acids is 1. The first-order chi connectivity index (χ1) is 12.8. The Morgan fingerprint density at radius 3 is 2.41 bits per heavy atom. The molecular formula is C21H33N3O3. The van der Waals surface area contributed by atoms with Gasteiger partial charge in [-0.2, -0.15) is 0 Å². The van der Waals surface area contributed by atoms with Crippen LogP contribution in [0, 0.1) is 12.8 Å². The average Bonchev–Trinajstić information content (AvgIpc) is 2.64. The van der Waals surface area contributed by atoms with Gasteiger partial charge in [0.2, 0.25) is 0 Å². The van der Waals surface area contributed by atoms with E-state index in [0.29, 0.717) is 25.6 Å². The number of aryl methyl sites for hydroxylation is 1. The minimum atomic E-state index is -0.796. The van der Waals surface area contributed by atoms with Gasteiger partial charge in [0.05, 0.1) is 12.6 Å². The number of hydrogen-bond acceptors (Lipinski definition) is 3. The van der Waals surface area contributed by atoms with Gasteiger partial charge in [-0.15, -0.1) is 0 Å². The first-order valence-electron chi connectivity index (χ1n) is 9.90. The Morgan fingerprint density at radius 2 is 1.89 bits per heavy atom. The quantitative estimate of drug-likeness (QED) is 0.767. The van der Waals surface area contributed by atoms with Gasteiger partial charge in [-0.3, -0.25) is 9.69 Å². The highest BCUT2D eigenvalue weighted by Crippen LogP contribution is 2.25. The maximum atomic E-state index is 12.8. The van der Waals surface area contributed by atoms with Gasteiger partial charge in [-0.1, -0.05) is 45.0 Å². The van der Waals surface area contributed by atoms with E-state index in [2.05, 4.69) is 38.2 Å². The Kier molecular flexibility index (Phi) is 7.66. The lowest BCUT2D eigenvalue weighted by Crippen LogP contribution is -2.51. The summed E-state index contributed by atoms with van der Waals surface area (Å²) < 4.78 is 0. The van der Waals surface area contributed by atoms with E-state index in [1.807, 2.05) is 28.9 Å². The second kappa shape index (κ2) is 9.74. The van der Waals surface area contributed by atoms with Crippen LogP contribution in [0.1, 0.15) is 50.8 Å². The smallest absolute Gasteiger partial charge is 0.317 e. The monoisotopic (exact) mass is 375 g/mol. The molecule has 1 unspecified atom stereocenters. The van der Waals surface area contributed by atoms with Crippen molar-refractivity contribution in [2.45, 2.75) is 52.6 Å². The van der Waals surface area contributed by atoms with Gasteiger partial charge in [0, 0.05) is 19.1 Å². The summed E-state index contributed by atoms with van der Waals surface area (Å²) >= 11 is 0. The van der Waals surface area contributed by atoms with Gasteiger partial charge >= 0.3 is 12.0 Å². The lowest BCUT2D eigenvalue weighted by Gasteiger charge is -2.38. The zero-order valence-electron chi connectivity index (χ0n) is 16.9. The molecule has 0 saturated carbocycles. The van der Waals surface area contributed by atoms with Crippen LogP contribution >= 0.6 is 0 Å². The second-order valence-electron chi connectivity index (χ2n) is 7.70. The van der Waals surface area contributed by atoms with E-state index < -0.39 is 5.97 Å². The fraction of sp³-hybridized carbons (Fsp3) is 0.619. The molecule has 0 bridgehead atoms. The Labute approximate surface area is 162 Å². The van der Waals surface area contributed by atoms with E-state index in [1.165, 1.54) is 5.56 Å². The Bertz CT molecular complexity index is 639. The minimum Gasteiger partial charge on any atom is -0.480 e. The molecule has 0 radical (unpaired) electrons. The molecule has 6 heteroatoms. The fourth-order valence-electron chi connectivity index (χ4n) is 3.87. The molecule has 27 heavy (non-hydrogen) atoms. The number of piperidine rings is 1. The van der Waals surface area contributed by atoms with E-state index in [1.54, 1.807) is 0 Å². The maximum absolute atomic E-state index is 12.8. The van der Waals surface area contributed by atoms with Gasteiger partial charge in [-0.05, 0) is 43.4 Å². The van der Waals surface area contributed by atoms with Crippen molar-refractivity contribution >= 4 is 12.0 Å². The molecule has 1 atom stereocenters. The molecule has 2 rings (SSSR count). The first-order valence-corrected chi connectivity index (χ1v) is 9.90. The van der Waals surface area contributed by atoms with Crippen LogP contribution in [0.2, 0.25) is 0 Å². The molecule has 0 aliphatic carbocycles. The molecule has 2 amide bonds. The number of likely N-dealkylation sites (tertiary alicyclic amines) is 1. The zero-order chi connectivity index (χ0) is 20.0. The summed E-state index contributed by atoms with van der Waals surface area (Å²) in [4.78, 5) is 27.7. The zero-order valence-corrected chi connectivity index (χ0v) is 16.9. The molecule has 150 valence electrons. The lowest BCUT2D eigenvalue weighted by atomic mass is 9.93. The van der Waals surface area contributed by atoms with Crippen molar-refractivity contribution in [1.29, 1.82) is 0 Å². The Hall–Kier alpha value is -2.08. The highest BCUT2D eigenvalue weighted by Gasteiger charge is 2.29. The van der Waals surface area contributed by atoms with E-state index in [-0.39, 0.29) is 24.7 Å². The Morgan fingerprint density at radius 1 is 1.26 bits per heavy atom. The van der Waals surface area contributed by atoms with Crippen LogP contribution in [0.4, 0.5) is 4.79 Å². The number of aliphatic carboxylic acids is 1.